The molecule has 2 heterocycles. The maximum atomic E-state index is 10.8. The van der Waals surface area contributed by atoms with Crippen LogP contribution in [0, 0.1) is 17.0 Å². The maximum absolute atomic E-state index is 10.8. The van der Waals surface area contributed by atoms with Gasteiger partial charge in [0.2, 0.25) is 5.28 Å². The highest BCUT2D eigenvalue weighted by Gasteiger charge is 2.28. The SMILES string of the molecule is Cc1nc(Cl)nc(OC2COC2)c1[N+](=O)[O-]. The lowest BCUT2D eigenvalue weighted by Gasteiger charge is -2.25. The third kappa shape index (κ3) is 2.05. The number of aryl methyl sites for hydroxylation is 1. The Kier molecular flexibility index (Phi) is 2.88. The minimum Gasteiger partial charge on any atom is -0.464 e. The van der Waals surface area contributed by atoms with Crippen molar-refractivity contribution < 1.29 is 14.4 Å². The van der Waals surface area contributed by atoms with Gasteiger partial charge in [0, 0.05) is 0 Å². The Labute approximate surface area is 95.5 Å². The van der Waals surface area contributed by atoms with Crippen LogP contribution < -0.4 is 4.74 Å². The first-order valence-electron chi connectivity index (χ1n) is 4.51. The molecule has 0 aromatic carbocycles. The highest BCUT2D eigenvalue weighted by Crippen LogP contribution is 2.30. The number of rotatable bonds is 3. The van der Waals surface area contributed by atoms with Crippen LogP contribution in [-0.4, -0.2) is 34.2 Å². The largest absolute Gasteiger partial charge is 0.464 e. The lowest BCUT2D eigenvalue weighted by atomic mass is 10.3. The van der Waals surface area contributed by atoms with Gasteiger partial charge in [-0.15, -0.1) is 0 Å². The molecule has 0 unspecified atom stereocenters. The smallest absolute Gasteiger partial charge is 0.352 e. The van der Waals surface area contributed by atoms with Crippen LogP contribution in [0.25, 0.3) is 0 Å². The summed E-state index contributed by atoms with van der Waals surface area (Å²) in [6, 6.07) is 0. The van der Waals surface area contributed by atoms with Crippen molar-refractivity contribution in [2.75, 3.05) is 13.2 Å². The third-order valence-corrected chi connectivity index (χ3v) is 2.24. The van der Waals surface area contributed by atoms with Crippen molar-refractivity contribution in [1.82, 2.24) is 9.97 Å². The predicted molar refractivity (Wildman–Crippen MR) is 53.7 cm³/mol. The quantitative estimate of drug-likeness (QED) is 0.451. The van der Waals surface area contributed by atoms with Crippen LogP contribution in [-0.2, 0) is 4.74 Å². The summed E-state index contributed by atoms with van der Waals surface area (Å²) in [4.78, 5) is 17.7. The number of hydrogen-bond donors (Lipinski definition) is 0. The van der Waals surface area contributed by atoms with Gasteiger partial charge >= 0.3 is 5.69 Å². The van der Waals surface area contributed by atoms with Gasteiger partial charge in [0.25, 0.3) is 5.88 Å². The van der Waals surface area contributed by atoms with Gasteiger partial charge in [-0.2, -0.15) is 4.98 Å². The monoisotopic (exact) mass is 245 g/mol. The molecule has 2 rings (SSSR count). The molecular formula is C8H8ClN3O4. The molecule has 1 aliphatic heterocycles. The minimum absolute atomic E-state index is 0.0710. The topological polar surface area (TPSA) is 87.4 Å². The minimum atomic E-state index is -0.583. The number of hydrogen-bond acceptors (Lipinski definition) is 6. The van der Waals surface area contributed by atoms with Crippen LogP contribution in [0.5, 0.6) is 5.88 Å². The second-order valence-corrected chi connectivity index (χ2v) is 3.60. The molecule has 0 amide bonds. The summed E-state index contributed by atoms with van der Waals surface area (Å²) in [5.41, 5.74) is -0.0726. The van der Waals surface area contributed by atoms with E-state index in [2.05, 4.69) is 9.97 Å². The van der Waals surface area contributed by atoms with Crippen molar-refractivity contribution in [3.05, 3.63) is 21.1 Å². The van der Waals surface area contributed by atoms with Gasteiger partial charge in [-0.3, -0.25) is 10.1 Å². The summed E-state index contributed by atoms with van der Waals surface area (Å²) in [5.74, 6) is -0.101. The highest BCUT2D eigenvalue weighted by atomic mass is 35.5. The zero-order chi connectivity index (χ0) is 11.7. The Hall–Kier alpha value is -1.47. The molecule has 1 aromatic rings. The van der Waals surface area contributed by atoms with Crippen LogP contribution in [0.3, 0.4) is 0 Å². The van der Waals surface area contributed by atoms with Crippen molar-refractivity contribution in [2.45, 2.75) is 13.0 Å². The van der Waals surface area contributed by atoms with Crippen LogP contribution in [0.2, 0.25) is 5.28 Å². The molecular weight excluding hydrogens is 238 g/mol. The second-order valence-electron chi connectivity index (χ2n) is 3.27. The molecule has 16 heavy (non-hydrogen) atoms. The van der Waals surface area contributed by atoms with Crippen LogP contribution >= 0.6 is 11.6 Å². The van der Waals surface area contributed by atoms with Gasteiger partial charge in [0.1, 0.15) is 11.8 Å². The van der Waals surface area contributed by atoms with Gasteiger partial charge in [-0.05, 0) is 18.5 Å². The summed E-state index contributed by atoms with van der Waals surface area (Å²) < 4.78 is 10.2. The van der Waals surface area contributed by atoms with Crippen molar-refractivity contribution in [3.63, 3.8) is 0 Å². The molecule has 1 aliphatic rings. The molecule has 1 aromatic heterocycles. The van der Waals surface area contributed by atoms with Crippen LogP contribution in [0.15, 0.2) is 0 Å². The lowest BCUT2D eigenvalue weighted by molar-refractivity contribution is -0.387. The van der Waals surface area contributed by atoms with Crippen molar-refractivity contribution in [2.24, 2.45) is 0 Å². The van der Waals surface area contributed by atoms with E-state index in [1.165, 1.54) is 6.92 Å². The predicted octanol–water partition coefficient (Wildman–Crippen LogP) is 1.12. The van der Waals surface area contributed by atoms with E-state index in [1.807, 2.05) is 0 Å². The van der Waals surface area contributed by atoms with E-state index in [9.17, 15) is 10.1 Å². The first-order chi connectivity index (χ1) is 7.58. The van der Waals surface area contributed by atoms with Gasteiger partial charge in [0.15, 0.2) is 0 Å². The number of halogens is 1. The summed E-state index contributed by atoms with van der Waals surface area (Å²) in [5, 5.41) is 10.7. The first kappa shape index (κ1) is 11.0. The van der Waals surface area contributed by atoms with E-state index in [1.54, 1.807) is 0 Å². The number of nitro groups is 1. The molecule has 0 atom stereocenters. The van der Waals surface area contributed by atoms with Gasteiger partial charge in [0.05, 0.1) is 18.1 Å². The van der Waals surface area contributed by atoms with Crippen LogP contribution in [0.1, 0.15) is 5.69 Å². The Bertz CT molecular complexity index is 436. The van der Waals surface area contributed by atoms with E-state index in [0.717, 1.165) is 0 Å². The average Bonchev–Trinajstić information content (AvgIpc) is 2.09. The molecule has 0 radical (unpaired) electrons. The standard InChI is InChI=1S/C8H8ClN3O4/c1-4-6(12(13)14)7(11-8(9)10-4)16-5-2-15-3-5/h5H,2-3H2,1H3. The van der Waals surface area contributed by atoms with E-state index < -0.39 is 4.92 Å². The summed E-state index contributed by atoms with van der Waals surface area (Å²) in [6.07, 6.45) is -0.205. The summed E-state index contributed by atoms with van der Waals surface area (Å²) >= 11 is 5.62. The first-order valence-corrected chi connectivity index (χ1v) is 4.88. The Morgan fingerprint density at radius 3 is 2.75 bits per heavy atom. The molecule has 0 spiro atoms. The lowest BCUT2D eigenvalue weighted by Crippen LogP contribution is -2.39. The fourth-order valence-electron chi connectivity index (χ4n) is 1.24. The average molecular weight is 246 g/mol. The Balaban J connectivity index is 2.35. The summed E-state index contributed by atoms with van der Waals surface area (Å²) in [7, 11) is 0. The second kappa shape index (κ2) is 4.18. The van der Waals surface area contributed by atoms with E-state index >= 15 is 0 Å². The van der Waals surface area contributed by atoms with Crippen LogP contribution in [0.4, 0.5) is 5.69 Å². The van der Waals surface area contributed by atoms with E-state index in [-0.39, 0.29) is 28.6 Å². The molecule has 0 saturated carbocycles. The molecule has 8 heteroatoms. The molecule has 0 bridgehead atoms. The normalized spacial score (nSPS) is 15.6. The Morgan fingerprint density at radius 1 is 1.56 bits per heavy atom. The van der Waals surface area contributed by atoms with Gasteiger partial charge in [-0.25, -0.2) is 4.98 Å². The molecule has 0 aliphatic carbocycles. The maximum Gasteiger partial charge on any atom is 0.352 e. The zero-order valence-electron chi connectivity index (χ0n) is 8.34. The molecule has 86 valence electrons. The third-order valence-electron chi connectivity index (χ3n) is 2.07. The fourth-order valence-corrected chi connectivity index (χ4v) is 1.44. The highest BCUT2D eigenvalue weighted by molar-refractivity contribution is 6.28. The fraction of sp³-hybridized carbons (Fsp3) is 0.500. The number of nitrogens with zero attached hydrogens (tertiary/aromatic N) is 3. The zero-order valence-corrected chi connectivity index (χ0v) is 9.10. The van der Waals surface area contributed by atoms with Gasteiger partial charge < -0.3 is 9.47 Å². The molecule has 1 saturated heterocycles. The summed E-state index contributed by atoms with van der Waals surface area (Å²) in [6.45, 7) is 2.28. The molecule has 0 N–H and O–H groups in total. The van der Waals surface area contributed by atoms with Crippen molar-refractivity contribution >= 4 is 17.3 Å². The van der Waals surface area contributed by atoms with Gasteiger partial charge in [-0.1, -0.05) is 0 Å². The number of aromatic nitrogens is 2. The Morgan fingerprint density at radius 2 is 2.25 bits per heavy atom. The number of ether oxygens (including phenoxy) is 2. The molecule has 1 fully saturated rings. The van der Waals surface area contributed by atoms with Crippen molar-refractivity contribution in [3.8, 4) is 5.88 Å². The van der Waals surface area contributed by atoms with E-state index in [4.69, 9.17) is 21.1 Å². The van der Waals surface area contributed by atoms with Crippen molar-refractivity contribution in [1.29, 1.82) is 0 Å². The van der Waals surface area contributed by atoms with E-state index in [0.29, 0.717) is 13.2 Å². The molecule has 7 nitrogen and oxygen atoms in total.